The zero-order valence-corrected chi connectivity index (χ0v) is 13.0. The lowest BCUT2D eigenvalue weighted by Gasteiger charge is -2.28. The van der Waals surface area contributed by atoms with E-state index in [-0.39, 0.29) is 5.82 Å². The van der Waals surface area contributed by atoms with E-state index in [9.17, 15) is 9.50 Å². The van der Waals surface area contributed by atoms with Crippen LogP contribution in [0.15, 0.2) is 18.2 Å². The number of hydrogen-bond acceptors (Lipinski definition) is 2. The first-order chi connectivity index (χ1) is 9.41. The molecule has 2 nitrogen and oxygen atoms in total. The van der Waals surface area contributed by atoms with Gasteiger partial charge in [-0.3, -0.25) is 0 Å². The highest BCUT2D eigenvalue weighted by Gasteiger charge is 2.32. The van der Waals surface area contributed by atoms with Gasteiger partial charge in [-0.05, 0) is 51.8 Å². The van der Waals surface area contributed by atoms with Gasteiger partial charge in [0.2, 0.25) is 0 Å². The van der Waals surface area contributed by atoms with Crippen molar-refractivity contribution in [3.8, 4) is 0 Å². The first kappa shape index (κ1) is 15.7. The maximum absolute atomic E-state index is 13.9. The summed E-state index contributed by atoms with van der Waals surface area (Å²) in [6, 6.07) is 5.16. The number of benzene rings is 1. The lowest BCUT2D eigenvalue weighted by molar-refractivity contribution is 0.0241. The minimum absolute atomic E-state index is 0.296. The number of aliphatic hydroxyl groups is 1. The van der Waals surface area contributed by atoms with Crippen molar-refractivity contribution in [1.29, 1.82) is 0 Å². The van der Waals surface area contributed by atoms with Crippen molar-refractivity contribution in [1.82, 2.24) is 4.90 Å². The Morgan fingerprint density at radius 3 is 2.75 bits per heavy atom. The van der Waals surface area contributed by atoms with Crippen molar-refractivity contribution in [3.05, 3.63) is 34.6 Å². The summed E-state index contributed by atoms with van der Waals surface area (Å²) in [5.41, 5.74) is -0.412. The van der Waals surface area contributed by atoms with Crippen LogP contribution in [0.1, 0.15) is 38.7 Å². The number of likely N-dealkylation sites (tertiary alicyclic amines) is 1. The van der Waals surface area contributed by atoms with Crippen LogP contribution in [0.25, 0.3) is 0 Å². The maximum Gasteiger partial charge on any atom is 0.127 e. The number of halogens is 2. The zero-order chi connectivity index (χ0) is 14.8. The quantitative estimate of drug-likeness (QED) is 0.921. The Hall–Kier alpha value is -0.640. The summed E-state index contributed by atoms with van der Waals surface area (Å²) in [5.74, 6) is -0.323. The van der Waals surface area contributed by atoms with Gasteiger partial charge in [-0.1, -0.05) is 17.7 Å². The van der Waals surface area contributed by atoms with Crippen molar-refractivity contribution >= 4 is 11.6 Å². The van der Waals surface area contributed by atoms with Crippen LogP contribution in [-0.2, 0) is 6.42 Å². The van der Waals surface area contributed by atoms with Gasteiger partial charge in [0, 0.05) is 29.6 Å². The summed E-state index contributed by atoms with van der Waals surface area (Å²) >= 11 is 6.07. The van der Waals surface area contributed by atoms with E-state index in [1.54, 1.807) is 12.1 Å². The molecule has 4 heteroatoms. The molecule has 0 amide bonds. The third-order valence-corrected chi connectivity index (χ3v) is 4.60. The van der Waals surface area contributed by atoms with Crippen molar-refractivity contribution < 1.29 is 9.50 Å². The average molecular weight is 300 g/mol. The van der Waals surface area contributed by atoms with Gasteiger partial charge < -0.3 is 10.0 Å². The molecular weight excluding hydrogens is 277 g/mol. The van der Waals surface area contributed by atoms with Gasteiger partial charge in [-0.2, -0.15) is 0 Å². The molecule has 1 heterocycles. The lowest BCUT2D eigenvalue weighted by atomic mass is 9.87. The predicted octanol–water partition coefficient (Wildman–Crippen LogP) is 3.65. The maximum atomic E-state index is 13.9. The Balaban J connectivity index is 2.11. The molecule has 0 saturated carbocycles. The Morgan fingerprint density at radius 1 is 1.35 bits per heavy atom. The molecule has 20 heavy (non-hydrogen) atoms. The molecular formula is C16H23ClFNO. The number of nitrogens with zero attached hydrogens (tertiary/aromatic N) is 1. The minimum Gasteiger partial charge on any atom is -0.389 e. The fourth-order valence-corrected chi connectivity index (χ4v) is 3.15. The molecule has 1 fully saturated rings. The van der Waals surface area contributed by atoms with Gasteiger partial charge in [-0.25, -0.2) is 4.39 Å². The van der Waals surface area contributed by atoms with E-state index in [2.05, 4.69) is 18.7 Å². The van der Waals surface area contributed by atoms with Crippen LogP contribution in [0.2, 0.25) is 5.02 Å². The van der Waals surface area contributed by atoms with Crippen LogP contribution in [0.4, 0.5) is 4.39 Å². The molecule has 1 aromatic carbocycles. The minimum atomic E-state index is -0.852. The van der Waals surface area contributed by atoms with E-state index >= 15 is 0 Å². The molecule has 1 unspecified atom stereocenters. The Bertz CT molecular complexity index is 446. The molecule has 1 saturated heterocycles. The Labute approximate surface area is 125 Å². The van der Waals surface area contributed by atoms with Crippen molar-refractivity contribution in [2.75, 3.05) is 13.1 Å². The van der Waals surface area contributed by atoms with E-state index in [1.165, 1.54) is 6.07 Å². The highest BCUT2D eigenvalue weighted by Crippen LogP contribution is 2.31. The Kier molecular flexibility index (Phi) is 5.05. The van der Waals surface area contributed by atoms with Crippen LogP contribution in [-0.4, -0.2) is 34.7 Å². The first-order valence-electron chi connectivity index (χ1n) is 7.31. The summed E-state index contributed by atoms with van der Waals surface area (Å²) in [5, 5.41) is 11.2. The Morgan fingerprint density at radius 2 is 2.10 bits per heavy atom. The van der Waals surface area contributed by atoms with Gasteiger partial charge in [0.05, 0.1) is 5.60 Å². The fourth-order valence-electron chi connectivity index (χ4n) is 2.92. The summed E-state index contributed by atoms with van der Waals surface area (Å²) in [6.07, 6.45) is 2.59. The van der Waals surface area contributed by atoms with Crippen LogP contribution >= 0.6 is 11.6 Å². The largest absolute Gasteiger partial charge is 0.389 e. The molecule has 1 atom stereocenters. The van der Waals surface area contributed by atoms with E-state index < -0.39 is 5.60 Å². The molecule has 0 aliphatic carbocycles. The summed E-state index contributed by atoms with van der Waals surface area (Å²) in [4.78, 5) is 2.36. The number of rotatable bonds is 3. The molecule has 1 aliphatic rings. The van der Waals surface area contributed by atoms with Gasteiger partial charge in [0.15, 0.2) is 0 Å². The molecule has 112 valence electrons. The molecule has 2 rings (SSSR count). The summed E-state index contributed by atoms with van der Waals surface area (Å²) in [7, 11) is 0. The monoisotopic (exact) mass is 299 g/mol. The van der Waals surface area contributed by atoms with Crippen LogP contribution in [0.5, 0.6) is 0 Å². The molecule has 0 spiro atoms. The lowest BCUT2D eigenvalue weighted by Crippen LogP contribution is -2.35. The van der Waals surface area contributed by atoms with Gasteiger partial charge >= 0.3 is 0 Å². The summed E-state index contributed by atoms with van der Waals surface area (Å²) in [6.45, 7) is 6.17. The highest BCUT2D eigenvalue weighted by atomic mass is 35.5. The topological polar surface area (TPSA) is 23.5 Å². The normalized spacial score (nSPS) is 24.9. The second-order valence-corrected chi connectivity index (χ2v) is 6.49. The third-order valence-electron chi connectivity index (χ3n) is 4.25. The van der Waals surface area contributed by atoms with Gasteiger partial charge in [-0.15, -0.1) is 0 Å². The number of hydrogen-bond donors (Lipinski definition) is 1. The van der Waals surface area contributed by atoms with Crippen LogP contribution in [0.3, 0.4) is 0 Å². The van der Waals surface area contributed by atoms with E-state index in [4.69, 9.17) is 11.6 Å². The van der Waals surface area contributed by atoms with Gasteiger partial charge in [0.1, 0.15) is 5.82 Å². The first-order valence-corrected chi connectivity index (χ1v) is 7.68. The van der Waals surface area contributed by atoms with E-state index in [0.717, 1.165) is 19.5 Å². The molecule has 0 bridgehead atoms. The third kappa shape index (κ3) is 3.72. The van der Waals surface area contributed by atoms with E-state index in [1.807, 2.05) is 0 Å². The second kappa shape index (κ2) is 6.42. The van der Waals surface area contributed by atoms with Crippen LogP contribution in [0, 0.1) is 5.82 Å². The van der Waals surface area contributed by atoms with Crippen molar-refractivity contribution in [2.24, 2.45) is 0 Å². The average Bonchev–Trinajstić information content (AvgIpc) is 2.57. The molecule has 1 aromatic rings. The molecule has 1 aliphatic heterocycles. The van der Waals surface area contributed by atoms with Crippen molar-refractivity contribution in [3.63, 3.8) is 0 Å². The predicted molar refractivity (Wildman–Crippen MR) is 80.6 cm³/mol. The zero-order valence-electron chi connectivity index (χ0n) is 12.2. The smallest absolute Gasteiger partial charge is 0.127 e. The van der Waals surface area contributed by atoms with E-state index in [0.29, 0.717) is 35.9 Å². The standard InChI is InChI=1S/C16H23ClFNO/c1-12(2)19-9-4-7-16(20,8-10-19)11-13-14(17)5-3-6-15(13)18/h3,5-6,12,20H,4,7-11H2,1-2H3. The van der Waals surface area contributed by atoms with Gasteiger partial charge in [0.25, 0.3) is 0 Å². The summed E-state index contributed by atoms with van der Waals surface area (Å²) < 4.78 is 13.9. The fraction of sp³-hybridized carbons (Fsp3) is 0.625. The molecule has 0 radical (unpaired) electrons. The molecule has 1 N–H and O–H groups in total. The highest BCUT2D eigenvalue weighted by molar-refractivity contribution is 6.31. The SMILES string of the molecule is CC(C)N1CCCC(O)(Cc2c(F)cccc2Cl)CC1. The van der Waals surface area contributed by atoms with Crippen molar-refractivity contribution in [2.45, 2.75) is 51.2 Å². The second-order valence-electron chi connectivity index (χ2n) is 6.08. The molecule has 0 aromatic heterocycles. The van der Waals surface area contributed by atoms with Crippen LogP contribution < -0.4 is 0 Å².